The molecule has 3 atom stereocenters. The molecule has 210 valence electrons. The zero-order chi connectivity index (χ0) is 28.2. The molecular formula is C34H52O3Si. The van der Waals surface area contributed by atoms with E-state index in [-0.39, 0.29) is 5.04 Å². The molecule has 0 aliphatic carbocycles. The van der Waals surface area contributed by atoms with Gasteiger partial charge in [-0.2, -0.15) is 0 Å². The molecule has 3 nitrogen and oxygen atoms in total. The average Bonchev–Trinajstić information content (AvgIpc) is 2.92. The SMILES string of the molecule is CC/C=C/[C@H](CC)C[C@@](O)(/C=C(/CC)[C@@H](O)CCO[Si](c1ccccc1)(c1ccccc1)C(C)(C)C)CC. The first-order chi connectivity index (χ1) is 18.1. The molecule has 0 aliphatic heterocycles. The first-order valence-electron chi connectivity index (χ1n) is 14.6. The number of benzene rings is 2. The highest BCUT2D eigenvalue weighted by atomic mass is 28.4. The van der Waals surface area contributed by atoms with Crippen LogP contribution in [-0.4, -0.2) is 36.8 Å². The summed E-state index contributed by atoms with van der Waals surface area (Å²) in [5, 5.41) is 25.1. The quantitative estimate of drug-likeness (QED) is 0.187. The molecule has 0 saturated heterocycles. The Hall–Kier alpha value is -1.98. The van der Waals surface area contributed by atoms with E-state index in [0.29, 0.717) is 38.2 Å². The number of rotatable bonds is 15. The van der Waals surface area contributed by atoms with Crippen molar-refractivity contribution < 1.29 is 14.6 Å². The third-order valence-corrected chi connectivity index (χ3v) is 12.9. The van der Waals surface area contributed by atoms with Gasteiger partial charge in [-0.1, -0.05) is 127 Å². The van der Waals surface area contributed by atoms with Crippen molar-refractivity contribution in [1.82, 2.24) is 0 Å². The fourth-order valence-electron chi connectivity index (χ4n) is 5.49. The van der Waals surface area contributed by atoms with Gasteiger partial charge in [0.05, 0.1) is 11.7 Å². The van der Waals surface area contributed by atoms with Crippen molar-refractivity contribution in [3.8, 4) is 0 Å². The lowest BCUT2D eigenvalue weighted by molar-refractivity contribution is 0.0612. The van der Waals surface area contributed by atoms with E-state index in [9.17, 15) is 10.2 Å². The fourth-order valence-corrected chi connectivity index (χ4v) is 10.1. The van der Waals surface area contributed by atoms with Crippen LogP contribution in [0.4, 0.5) is 0 Å². The van der Waals surface area contributed by atoms with Crippen LogP contribution in [0.15, 0.2) is 84.5 Å². The first-order valence-corrected chi connectivity index (χ1v) is 16.5. The van der Waals surface area contributed by atoms with Gasteiger partial charge in [-0.15, -0.1) is 0 Å². The van der Waals surface area contributed by atoms with Gasteiger partial charge < -0.3 is 14.6 Å². The van der Waals surface area contributed by atoms with Crippen molar-refractivity contribution in [2.45, 2.75) is 104 Å². The minimum absolute atomic E-state index is 0.103. The molecule has 2 N–H and O–H groups in total. The lowest BCUT2D eigenvalue weighted by Crippen LogP contribution is -2.66. The maximum absolute atomic E-state index is 11.5. The second-order valence-electron chi connectivity index (χ2n) is 11.6. The van der Waals surface area contributed by atoms with Crippen LogP contribution >= 0.6 is 0 Å². The Labute approximate surface area is 233 Å². The lowest BCUT2D eigenvalue weighted by Gasteiger charge is -2.43. The van der Waals surface area contributed by atoms with E-state index in [0.717, 1.165) is 18.4 Å². The molecule has 0 bridgehead atoms. The molecule has 0 spiro atoms. The van der Waals surface area contributed by atoms with E-state index in [2.05, 4.69) is 114 Å². The van der Waals surface area contributed by atoms with Gasteiger partial charge in [0.1, 0.15) is 0 Å². The third kappa shape index (κ3) is 8.26. The molecule has 0 aromatic heterocycles. The van der Waals surface area contributed by atoms with E-state index in [1.54, 1.807) is 0 Å². The smallest absolute Gasteiger partial charge is 0.261 e. The van der Waals surface area contributed by atoms with Crippen LogP contribution in [0.1, 0.15) is 87.0 Å². The van der Waals surface area contributed by atoms with Crippen LogP contribution in [-0.2, 0) is 4.43 Å². The summed E-state index contributed by atoms with van der Waals surface area (Å²) >= 11 is 0. The number of hydrogen-bond acceptors (Lipinski definition) is 3. The molecule has 2 aromatic carbocycles. The van der Waals surface area contributed by atoms with Crippen LogP contribution in [0.5, 0.6) is 0 Å². The summed E-state index contributed by atoms with van der Waals surface area (Å²) in [6.45, 7) is 15.6. The Balaban J connectivity index is 2.30. The van der Waals surface area contributed by atoms with Crippen LogP contribution < -0.4 is 10.4 Å². The van der Waals surface area contributed by atoms with Gasteiger partial charge in [0.25, 0.3) is 8.32 Å². The topological polar surface area (TPSA) is 49.7 Å². The minimum atomic E-state index is -2.64. The van der Waals surface area contributed by atoms with E-state index < -0.39 is 20.0 Å². The second-order valence-corrected chi connectivity index (χ2v) is 15.9. The number of allylic oxidation sites excluding steroid dienone is 2. The second kappa shape index (κ2) is 15.0. The molecule has 0 aliphatic rings. The normalized spacial score (nSPS) is 16.4. The van der Waals surface area contributed by atoms with Gasteiger partial charge in [0, 0.05) is 6.61 Å². The Bertz CT molecular complexity index is 954. The van der Waals surface area contributed by atoms with Gasteiger partial charge in [0.2, 0.25) is 0 Å². The average molecular weight is 537 g/mol. The van der Waals surface area contributed by atoms with Gasteiger partial charge in [-0.05, 0) is 65.4 Å². The molecule has 0 heterocycles. The maximum atomic E-state index is 11.5. The summed E-state index contributed by atoms with van der Waals surface area (Å²) in [5.41, 5.74) is -0.0288. The summed E-state index contributed by atoms with van der Waals surface area (Å²) < 4.78 is 6.99. The van der Waals surface area contributed by atoms with Crippen LogP contribution in [0.3, 0.4) is 0 Å². The van der Waals surface area contributed by atoms with Crippen molar-refractivity contribution in [3.05, 3.63) is 84.5 Å². The van der Waals surface area contributed by atoms with E-state index in [4.69, 9.17) is 4.43 Å². The van der Waals surface area contributed by atoms with Gasteiger partial charge in [-0.3, -0.25) is 0 Å². The van der Waals surface area contributed by atoms with Gasteiger partial charge in [-0.25, -0.2) is 0 Å². The predicted molar refractivity (Wildman–Crippen MR) is 166 cm³/mol. The number of aliphatic hydroxyl groups is 2. The molecule has 0 amide bonds. The van der Waals surface area contributed by atoms with Crippen LogP contribution in [0, 0.1) is 5.92 Å². The van der Waals surface area contributed by atoms with Crippen molar-refractivity contribution in [2.75, 3.05) is 6.61 Å². The summed E-state index contributed by atoms with van der Waals surface area (Å²) in [4.78, 5) is 0. The van der Waals surface area contributed by atoms with Gasteiger partial charge >= 0.3 is 0 Å². The van der Waals surface area contributed by atoms with Crippen molar-refractivity contribution in [2.24, 2.45) is 5.92 Å². The maximum Gasteiger partial charge on any atom is 0.261 e. The van der Waals surface area contributed by atoms with E-state index in [1.165, 1.54) is 10.4 Å². The van der Waals surface area contributed by atoms with Crippen molar-refractivity contribution in [1.29, 1.82) is 0 Å². The fraction of sp³-hybridized carbons (Fsp3) is 0.529. The van der Waals surface area contributed by atoms with Crippen LogP contribution in [0.2, 0.25) is 5.04 Å². The van der Waals surface area contributed by atoms with E-state index in [1.807, 2.05) is 13.0 Å². The molecule has 0 unspecified atom stereocenters. The molecule has 0 saturated carbocycles. The summed E-state index contributed by atoms with van der Waals surface area (Å²) in [5.74, 6) is 0.324. The highest BCUT2D eigenvalue weighted by Gasteiger charge is 2.50. The highest BCUT2D eigenvalue weighted by molar-refractivity contribution is 6.99. The summed E-state index contributed by atoms with van der Waals surface area (Å²) in [7, 11) is -2.64. The molecule has 4 heteroatoms. The molecule has 2 aromatic rings. The third-order valence-electron chi connectivity index (χ3n) is 7.81. The minimum Gasteiger partial charge on any atom is -0.407 e. The first kappa shape index (κ1) is 32.2. The Morgan fingerprint density at radius 2 is 1.47 bits per heavy atom. The molecule has 0 fully saturated rings. The number of aliphatic hydroxyl groups excluding tert-OH is 1. The zero-order valence-corrected chi connectivity index (χ0v) is 25.9. The zero-order valence-electron chi connectivity index (χ0n) is 24.9. The van der Waals surface area contributed by atoms with Crippen molar-refractivity contribution >= 4 is 18.7 Å². The highest BCUT2D eigenvalue weighted by Crippen LogP contribution is 2.37. The molecule has 2 rings (SSSR count). The van der Waals surface area contributed by atoms with Crippen molar-refractivity contribution in [3.63, 3.8) is 0 Å². The van der Waals surface area contributed by atoms with Crippen LogP contribution in [0.25, 0.3) is 0 Å². The summed E-state index contributed by atoms with van der Waals surface area (Å²) in [6.07, 6.45) is 10.2. The largest absolute Gasteiger partial charge is 0.407 e. The Morgan fingerprint density at radius 3 is 1.89 bits per heavy atom. The standard InChI is InChI=1S/C34H52O3Si/c1-8-12-19-28(9-2)26-34(36,11-4)27-29(10-3)32(35)24-25-37-38(33(5,6)7,30-20-15-13-16-21-30)31-22-17-14-18-23-31/h12-23,27-28,32,35-36H,8-11,24-26H2,1-7H3/b19-12+,29-27-/t28-,32-,34+/m0/s1. The Morgan fingerprint density at radius 1 is 0.921 bits per heavy atom. The summed E-state index contributed by atoms with van der Waals surface area (Å²) in [6, 6.07) is 21.2. The predicted octanol–water partition coefficient (Wildman–Crippen LogP) is 7.17. The van der Waals surface area contributed by atoms with Gasteiger partial charge in [0.15, 0.2) is 0 Å². The Kier molecular flexibility index (Phi) is 12.7. The van der Waals surface area contributed by atoms with E-state index >= 15 is 0 Å². The molecule has 38 heavy (non-hydrogen) atoms. The molecule has 0 radical (unpaired) electrons. The molecular weight excluding hydrogens is 484 g/mol. The number of hydrogen-bond donors (Lipinski definition) is 2. The monoisotopic (exact) mass is 536 g/mol. The lowest BCUT2D eigenvalue weighted by atomic mass is 9.84.